The number of anilines is 1. The lowest BCUT2D eigenvalue weighted by Crippen LogP contribution is -2.29. The Kier molecular flexibility index (Phi) is 6.97. The van der Waals surface area contributed by atoms with Crippen LogP contribution in [0, 0.1) is 13.8 Å². The number of thiocarbonyl (C=S) groups is 1. The molecule has 2 aromatic carbocycles. The van der Waals surface area contributed by atoms with Crippen LogP contribution in [0.5, 0.6) is 5.75 Å². The zero-order valence-electron chi connectivity index (χ0n) is 21.6. The predicted octanol–water partition coefficient (Wildman–Crippen LogP) is 7.75. The van der Waals surface area contributed by atoms with E-state index in [4.69, 9.17) is 21.9 Å². The summed E-state index contributed by atoms with van der Waals surface area (Å²) in [7, 11) is 0. The van der Waals surface area contributed by atoms with Crippen LogP contribution < -0.4 is 15.0 Å². The molecule has 1 saturated carbocycles. The first-order chi connectivity index (χ1) is 18.5. The van der Waals surface area contributed by atoms with Crippen LogP contribution >= 0.6 is 28.1 Å². The van der Waals surface area contributed by atoms with Gasteiger partial charge in [-0.1, -0.05) is 22.0 Å². The van der Waals surface area contributed by atoms with Crippen molar-refractivity contribution in [2.75, 3.05) is 4.90 Å². The summed E-state index contributed by atoms with van der Waals surface area (Å²) in [5.41, 5.74) is 6.73. The third kappa shape index (κ3) is 4.74. The van der Waals surface area contributed by atoms with Gasteiger partial charge in [-0.3, -0.25) is 4.98 Å². The molecule has 2 fully saturated rings. The zero-order valence-corrected chi connectivity index (χ0v) is 24.0. The summed E-state index contributed by atoms with van der Waals surface area (Å²) in [6.07, 6.45) is 6.98. The minimum absolute atomic E-state index is 0.0607. The number of nitrogens with zero attached hydrogens (tertiary/aromatic N) is 3. The highest BCUT2D eigenvalue weighted by molar-refractivity contribution is 9.10. The van der Waals surface area contributed by atoms with E-state index in [0.717, 1.165) is 40.1 Å². The molecule has 3 heterocycles. The van der Waals surface area contributed by atoms with Crippen molar-refractivity contribution in [3.05, 3.63) is 106 Å². The second-order valence-electron chi connectivity index (χ2n) is 10.2. The number of pyridine rings is 1. The highest BCUT2D eigenvalue weighted by Crippen LogP contribution is 2.44. The molecule has 0 radical (unpaired) electrons. The van der Waals surface area contributed by atoms with Crippen LogP contribution in [0.2, 0.25) is 0 Å². The molecule has 0 amide bonds. The molecular weight excluding hydrogens is 556 g/mol. The molecule has 5 nitrogen and oxygen atoms in total. The molecule has 0 bridgehead atoms. The number of nitrogens with one attached hydrogen (secondary N) is 1. The molecule has 7 heteroatoms. The minimum Gasteiger partial charge on any atom is -0.490 e. The quantitative estimate of drug-likeness (QED) is 0.234. The van der Waals surface area contributed by atoms with Gasteiger partial charge >= 0.3 is 0 Å². The molecule has 0 spiro atoms. The van der Waals surface area contributed by atoms with E-state index in [0.29, 0.717) is 11.2 Å². The van der Waals surface area contributed by atoms with Gasteiger partial charge in [-0.05, 0) is 124 Å². The van der Waals surface area contributed by atoms with Crippen molar-refractivity contribution in [1.29, 1.82) is 0 Å². The maximum Gasteiger partial charge on any atom is 0.174 e. The van der Waals surface area contributed by atoms with Gasteiger partial charge in [0.1, 0.15) is 5.75 Å². The first-order valence-corrected chi connectivity index (χ1v) is 14.4. The Labute approximate surface area is 238 Å². The Balaban J connectivity index is 1.41. The lowest BCUT2D eigenvalue weighted by Gasteiger charge is -2.28. The van der Waals surface area contributed by atoms with Gasteiger partial charge in [0, 0.05) is 33.4 Å². The fourth-order valence-corrected chi connectivity index (χ4v) is 6.52. The average Bonchev–Trinajstić information content (AvgIpc) is 3.64. The molecule has 1 aliphatic carbocycles. The molecule has 2 atom stereocenters. The number of aromatic nitrogens is 2. The fraction of sp³-hybridized carbons (Fsp3) is 0.290. The normalized spacial score (nSPS) is 19.7. The van der Waals surface area contributed by atoms with Crippen LogP contribution in [0.1, 0.15) is 60.4 Å². The summed E-state index contributed by atoms with van der Waals surface area (Å²) in [5, 5.41) is 4.29. The Hall–Kier alpha value is -3.16. The second-order valence-corrected chi connectivity index (χ2v) is 11.5. The van der Waals surface area contributed by atoms with Crippen molar-refractivity contribution >= 4 is 38.9 Å². The Morgan fingerprint density at radius 3 is 2.34 bits per heavy atom. The van der Waals surface area contributed by atoms with E-state index in [1.165, 1.54) is 29.8 Å². The molecule has 4 aromatic rings. The van der Waals surface area contributed by atoms with Crippen molar-refractivity contribution in [2.24, 2.45) is 0 Å². The average molecular weight is 588 g/mol. The van der Waals surface area contributed by atoms with Crippen LogP contribution in [-0.2, 0) is 0 Å². The highest BCUT2D eigenvalue weighted by atomic mass is 79.9. The van der Waals surface area contributed by atoms with Gasteiger partial charge in [-0.25, -0.2) is 0 Å². The van der Waals surface area contributed by atoms with Crippen LogP contribution in [0.15, 0.2) is 83.5 Å². The van der Waals surface area contributed by atoms with E-state index >= 15 is 0 Å². The molecule has 1 N–H and O–H groups in total. The third-order valence-electron chi connectivity index (χ3n) is 7.69. The number of ether oxygens (including phenoxy) is 1. The Bertz CT molecular complexity index is 1430. The summed E-state index contributed by atoms with van der Waals surface area (Å²) in [6, 6.07) is 25.0. The molecule has 194 valence electrons. The molecule has 38 heavy (non-hydrogen) atoms. The monoisotopic (exact) mass is 586 g/mol. The van der Waals surface area contributed by atoms with E-state index in [1.54, 1.807) is 0 Å². The minimum atomic E-state index is -0.0861. The number of halogens is 1. The van der Waals surface area contributed by atoms with Gasteiger partial charge in [0.2, 0.25) is 0 Å². The van der Waals surface area contributed by atoms with E-state index in [-0.39, 0.29) is 12.1 Å². The van der Waals surface area contributed by atoms with Crippen LogP contribution in [0.3, 0.4) is 0 Å². The van der Waals surface area contributed by atoms with Crippen LogP contribution in [-0.4, -0.2) is 20.8 Å². The Morgan fingerprint density at radius 1 is 0.947 bits per heavy atom. The molecular formula is C31H31BrN4OS. The van der Waals surface area contributed by atoms with Gasteiger partial charge in [0.25, 0.3) is 0 Å². The molecule has 1 saturated heterocycles. The SMILES string of the molecule is Cc1cc(C2C(c3ccccn3)NC(=S)N2c2ccc(OC3CCCC3)cc2)c(C)n1-c1ccc(Br)cc1. The lowest BCUT2D eigenvalue weighted by molar-refractivity contribution is 0.210. The molecule has 6 rings (SSSR count). The first kappa shape index (κ1) is 25.1. The van der Waals surface area contributed by atoms with Gasteiger partial charge in [-0.2, -0.15) is 0 Å². The predicted molar refractivity (Wildman–Crippen MR) is 160 cm³/mol. The van der Waals surface area contributed by atoms with Crippen LogP contribution in [0.25, 0.3) is 5.69 Å². The van der Waals surface area contributed by atoms with Crippen molar-refractivity contribution in [3.8, 4) is 11.4 Å². The van der Waals surface area contributed by atoms with E-state index < -0.39 is 0 Å². The molecule has 1 aliphatic heterocycles. The summed E-state index contributed by atoms with van der Waals surface area (Å²) < 4.78 is 9.61. The van der Waals surface area contributed by atoms with Crippen molar-refractivity contribution in [1.82, 2.24) is 14.9 Å². The topological polar surface area (TPSA) is 42.3 Å². The number of hydrogen-bond acceptors (Lipinski definition) is 3. The van der Waals surface area contributed by atoms with Crippen LogP contribution in [0.4, 0.5) is 5.69 Å². The fourth-order valence-electron chi connectivity index (χ4n) is 5.91. The molecule has 2 aliphatic rings. The zero-order chi connectivity index (χ0) is 26.2. The summed E-state index contributed by atoms with van der Waals surface area (Å²) in [5.74, 6) is 0.921. The Morgan fingerprint density at radius 2 is 1.66 bits per heavy atom. The second kappa shape index (κ2) is 10.5. The number of rotatable bonds is 6. The first-order valence-electron chi connectivity index (χ1n) is 13.2. The standard InChI is InChI=1S/C31H31BrN4OS/c1-20-19-27(21(2)35(20)23-12-10-22(32)11-13-23)30-29(28-9-5-6-18-33-28)34-31(38)36(30)24-14-16-26(17-15-24)37-25-7-3-4-8-25/h5-6,9-19,25,29-30H,3-4,7-8H2,1-2H3,(H,34,38). The smallest absolute Gasteiger partial charge is 0.174 e. The summed E-state index contributed by atoms with van der Waals surface area (Å²) >= 11 is 9.52. The highest BCUT2D eigenvalue weighted by Gasteiger charge is 2.42. The summed E-state index contributed by atoms with van der Waals surface area (Å²) in [6.45, 7) is 4.35. The van der Waals surface area contributed by atoms with E-state index in [9.17, 15) is 0 Å². The van der Waals surface area contributed by atoms with Gasteiger partial charge < -0.3 is 19.5 Å². The van der Waals surface area contributed by atoms with E-state index in [2.05, 4.69) is 105 Å². The largest absolute Gasteiger partial charge is 0.490 e. The number of hydrogen-bond donors (Lipinski definition) is 1. The lowest BCUT2D eigenvalue weighted by atomic mass is 9.96. The maximum atomic E-state index is 6.23. The van der Waals surface area contributed by atoms with Crippen molar-refractivity contribution in [3.63, 3.8) is 0 Å². The van der Waals surface area contributed by atoms with Gasteiger partial charge in [0.15, 0.2) is 5.11 Å². The van der Waals surface area contributed by atoms with Crippen molar-refractivity contribution in [2.45, 2.75) is 57.7 Å². The number of benzene rings is 2. The summed E-state index contributed by atoms with van der Waals surface area (Å²) in [4.78, 5) is 6.95. The molecule has 2 aromatic heterocycles. The van der Waals surface area contributed by atoms with Crippen molar-refractivity contribution < 1.29 is 4.74 Å². The molecule has 2 unspecified atom stereocenters. The number of aryl methyl sites for hydroxylation is 1. The van der Waals surface area contributed by atoms with Gasteiger partial charge in [-0.15, -0.1) is 0 Å². The van der Waals surface area contributed by atoms with Gasteiger partial charge in [0.05, 0.1) is 23.9 Å². The maximum absolute atomic E-state index is 6.23. The third-order valence-corrected chi connectivity index (χ3v) is 8.53. The van der Waals surface area contributed by atoms with E-state index in [1.807, 2.05) is 18.3 Å².